The van der Waals surface area contributed by atoms with Crippen LogP contribution < -0.4 is 20.2 Å². The molecule has 236 valence electrons. The lowest BCUT2D eigenvalue weighted by atomic mass is 9.52. The molecule has 1 aromatic carbocycles. The molecule has 0 spiro atoms. The van der Waals surface area contributed by atoms with E-state index in [2.05, 4.69) is 21.2 Å². The first kappa shape index (κ1) is 28.4. The molecule has 2 N–H and O–H groups in total. The third-order valence-electron chi connectivity index (χ3n) is 10.8. The zero-order valence-corrected chi connectivity index (χ0v) is 25.9. The number of piperazine rings is 1. The summed E-state index contributed by atoms with van der Waals surface area (Å²) in [6, 6.07) is 12.0. The highest BCUT2D eigenvalue weighted by molar-refractivity contribution is 7.89. The van der Waals surface area contributed by atoms with E-state index in [1.807, 2.05) is 36.5 Å². The number of para-hydroxylation sites is 2. The summed E-state index contributed by atoms with van der Waals surface area (Å²) in [5.74, 6) is 2.68. The van der Waals surface area contributed by atoms with E-state index in [0.717, 1.165) is 67.8 Å². The maximum atomic E-state index is 13.2. The zero-order chi connectivity index (χ0) is 30.1. The second kappa shape index (κ2) is 10.8. The Hall–Kier alpha value is -3.09. The molecule has 5 saturated carbocycles. The van der Waals surface area contributed by atoms with Crippen molar-refractivity contribution in [2.75, 3.05) is 59.9 Å². The molecule has 6 fully saturated rings. The number of carbonyl (C=O) groups excluding carboxylic acids is 1. The van der Waals surface area contributed by atoms with Crippen LogP contribution in [0.3, 0.4) is 0 Å². The summed E-state index contributed by atoms with van der Waals surface area (Å²) in [6.45, 7) is 3.39. The van der Waals surface area contributed by atoms with E-state index in [1.165, 1.54) is 0 Å². The first-order chi connectivity index (χ1) is 21.2. The summed E-state index contributed by atoms with van der Waals surface area (Å²) < 4.78 is 27.0. The van der Waals surface area contributed by atoms with E-state index in [-0.39, 0.29) is 6.04 Å². The summed E-state index contributed by atoms with van der Waals surface area (Å²) in [6.07, 6.45) is 8.13. The van der Waals surface area contributed by atoms with Gasteiger partial charge in [-0.25, -0.2) is 23.3 Å². The first-order valence-electron chi connectivity index (χ1n) is 16.3. The molecular weight excluding hydrogens is 580 g/mol. The van der Waals surface area contributed by atoms with Gasteiger partial charge in [-0.3, -0.25) is 0 Å². The number of aliphatic hydroxyl groups is 1. The predicted octanol–water partition coefficient (Wildman–Crippen LogP) is 3.48. The van der Waals surface area contributed by atoms with Crippen LogP contribution in [0.5, 0.6) is 0 Å². The van der Waals surface area contributed by atoms with E-state index >= 15 is 0 Å². The minimum atomic E-state index is -3.17. The number of sulfonamides is 1. The quantitative estimate of drug-likeness (QED) is 0.479. The Morgan fingerprint density at radius 1 is 0.955 bits per heavy atom. The number of hydrogen-bond donors (Lipinski definition) is 2. The maximum Gasteiger partial charge on any atom is 0.431 e. The standard InChI is InChI=1S/C32H42N6O5S/c39-31(34-30-24-15-23-16-25(30)19-32(40,17-23)18-24)43-38-14-13-37(27-3-1-2-4-28(27)38)29-8-7-26(20-33-29)35-9-11-36(12-10-35)44(41,42)21-22-5-6-22/h1-4,7-8,20,22-25,30,40H,5-6,9-19,21H2,(H,34,39). The van der Waals surface area contributed by atoms with Crippen molar-refractivity contribution in [1.82, 2.24) is 14.6 Å². The number of carbonyl (C=O) groups is 1. The van der Waals surface area contributed by atoms with E-state index in [1.54, 1.807) is 9.37 Å². The maximum absolute atomic E-state index is 13.2. The van der Waals surface area contributed by atoms with Gasteiger partial charge in [-0.2, -0.15) is 4.31 Å². The summed E-state index contributed by atoms with van der Waals surface area (Å²) in [7, 11) is -3.17. The number of benzene rings is 1. The summed E-state index contributed by atoms with van der Waals surface area (Å²) in [4.78, 5) is 28.2. The Bertz CT molecular complexity index is 1490. The zero-order valence-electron chi connectivity index (χ0n) is 25.1. The molecule has 4 bridgehead atoms. The number of nitrogens with one attached hydrogen (secondary N) is 1. The number of hydroxylamine groups is 1. The van der Waals surface area contributed by atoms with Gasteiger partial charge in [0.15, 0.2) is 0 Å². The monoisotopic (exact) mass is 622 g/mol. The number of nitrogens with zero attached hydrogens (tertiary/aromatic N) is 5. The molecule has 9 rings (SSSR count). The molecule has 2 atom stereocenters. The van der Waals surface area contributed by atoms with Crippen molar-refractivity contribution in [1.29, 1.82) is 0 Å². The van der Waals surface area contributed by atoms with Crippen molar-refractivity contribution in [3.05, 3.63) is 42.6 Å². The van der Waals surface area contributed by atoms with Gasteiger partial charge in [-0.05, 0) is 92.9 Å². The van der Waals surface area contributed by atoms with Crippen LogP contribution in [-0.4, -0.2) is 85.6 Å². The van der Waals surface area contributed by atoms with Crippen molar-refractivity contribution in [2.45, 2.75) is 56.6 Å². The molecule has 1 saturated heterocycles. The van der Waals surface area contributed by atoms with Gasteiger partial charge in [-0.15, -0.1) is 0 Å². The van der Waals surface area contributed by atoms with Crippen LogP contribution in [0.4, 0.5) is 27.7 Å². The SMILES string of the molecule is O=C(NC1C2CC3CC1CC(O)(C3)C2)ON1CCN(c2ccc(N3CCN(S(=O)(=O)CC4CC4)CC3)cn2)c2ccccc21. The van der Waals surface area contributed by atoms with Crippen LogP contribution in [0, 0.1) is 23.7 Å². The topological polar surface area (TPSA) is 119 Å². The lowest BCUT2D eigenvalue weighted by Gasteiger charge is -2.57. The van der Waals surface area contributed by atoms with Gasteiger partial charge < -0.3 is 25.1 Å². The second-order valence-corrected chi connectivity index (χ2v) is 16.0. The van der Waals surface area contributed by atoms with E-state index in [4.69, 9.17) is 9.82 Å². The number of aromatic nitrogens is 1. The number of hydrogen-bond acceptors (Lipinski definition) is 9. The van der Waals surface area contributed by atoms with Crippen molar-refractivity contribution < 1.29 is 23.2 Å². The number of pyridine rings is 1. The molecule has 12 heteroatoms. The fraction of sp³-hybridized carbons (Fsp3) is 0.625. The predicted molar refractivity (Wildman–Crippen MR) is 167 cm³/mol. The minimum Gasteiger partial charge on any atom is -0.390 e. The molecule has 1 aromatic heterocycles. The van der Waals surface area contributed by atoms with E-state index < -0.39 is 21.7 Å². The summed E-state index contributed by atoms with van der Waals surface area (Å²) in [5.41, 5.74) is 2.17. The molecular formula is C32H42N6O5S. The average Bonchev–Trinajstić information content (AvgIpc) is 3.82. The van der Waals surface area contributed by atoms with E-state index in [9.17, 15) is 18.3 Å². The molecule has 1 amide bonds. The van der Waals surface area contributed by atoms with Crippen LogP contribution >= 0.6 is 0 Å². The Morgan fingerprint density at radius 2 is 1.68 bits per heavy atom. The lowest BCUT2D eigenvalue weighted by molar-refractivity contribution is -0.137. The highest BCUT2D eigenvalue weighted by Crippen LogP contribution is 2.55. The molecule has 11 nitrogen and oxygen atoms in total. The fourth-order valence-corrected chi connectivity index (χ4v) is 10.6. The van der Waals surface area contributed by atoms with Crippen molar-refractivity contribution >= 4 is 39.0 Å². The molecule has 44 heavy (non-hydrogen) atoms. The number of amides is 1. The fourth-order valence-electron chi connectivity index (χ4n) is 8.78. The Labute approximate surface area is 259 Å². The largest absolute Gasteiger partial charge is 0.431 e. The third-order valence-corrected chi connectivity index (χ3v) is 12.9. The molecule has 2 aromatic rings. The third kappa shape index (κ3) is 5.38. The molecule has 5 aliphatic carbocycles. The number of anilines is 4. The van der Waals surface area contributed by atoms with Crippen LogP contribution in [-0.2, 0) is 14.9 Å². The van der Waals surface area contributed by atoms with Crippen LogP contribution in [0.1, 0.15) is 44.9 Å². The molecule has 0 radical (unpaired) electrons. The van der Waals surface area contributed by atoms with Gasteiger partial charge in [0.25, 0.3) is 0 Å². The summed E-state index contributed by atoms with van der Waals surface area (Å²) >= 11 is 0. The second-order valence-electron chi connectivity index (χ2n) is 14.0. The first-order valence-corrected chi connectivity index (χ1v) is 17.9. The van der Waals surface area contributed by atoms with Crippen molar-refractivity contribution in [2.24, 2.45) is 23.7 Å². The van der Waals surface area contributed by atoms with Crippen LogP contribution in [0.15, 0.2) is 42.6 Å². The van der Waals surface area contributed by atoms with Crippen LogP contribution in [0.25, 0.3) is 0 Å². The Morgan fingerprint density at radius 3 is 2.34 bits per heavy atom. The van der Waals surface area contributed by atoms with Crippen molar-refractivity contribution in [3.63, 3.8) is 0 Å². The molecule has 2 aliphatic heterocycles. The van der Waals surface area contributed by atoms with Gasteiger partial charge >= 0.3 is 6.09 Å². The normalized spacial score (nSPS) is 31.6. The number of rotatable bonds is 7. The summed E-state index contributed by atoms with van der Waals surface area (Å²) in [5, 5.41) is 15.8. The van der Waals surface area contributed by atoms with Crippen LogP contribution in [0.2, 0.25) is 0 Å². The van der Waals surface area contributed by atoms with E-state index in [0.29, 0.717) is 68.7 Å². The Kier molecular flexibility index (Phi) is 6.95. The van der Waals surface area contributed by atoms with Gasteiger partial charge in [0.1, 0.15) is 5.82 Å². The van der Waals surface area contributed by atoms with Gasteiger partial charge in [0.05, 0.1) is 41.2 Å². The average molecular weight is 623 g/mol. The molecule has 7 aliphatic rings. The molecule has 3 heterocycles. The van der Waals surface area contributed by atoms with Gasteiger partial charge in [-0.1, -0.05) is 12.1 Å². The van der Waals surface area contributed by atoms with Crippen molar-refractivity contribution in [3.8, 4) is 0 Å². The van der Waals surface area contributed by atoms with Gasteiger partial charge in [0, 0.05) is 38.8 Å². The van der Waals surface area contributed by atoms with Gasteiger partial charge in [0.2, 0.25) is 10.0 Å². The smallest absolute Gasteiger partial charge is 0.390 e. The number of fused-ring (bicyclic) bond motifs is 1. The minimum absolute atomic E-state index is 0.0636. The highest BCUT2D eigenvalue weighted by atomic mass is 32.2. The highest BCUT2D eigenvalue weighted by Gasteiger charge is 2.55. The lowest BCUT2D eigenvalue weighted by Crippen LogP contribution is -2.62. The molecule has 2 unspecified atom stereocenters. The Balaban J connectivity index is 0.903.